The van der Waals surface area contributed by atoms with Gasteiger partial charge in [-0.1, -0.05) is 74.0 Å². The van der Waals surface area contributed by atoms with E-state index in [0.29, 0.717) is 25.9 Å². The number of hydrogen-bond acceptors (Lipinski definition) is 5. The number of anilines is 1. The molecule has 1 unspecified atom stereocenters. The lowest BCUT2D eigenvalue weighted by Gasteiger charge is -2.34. The molecule has 2 aliphatic heterocycles. The molecule has 0 saturated heterocycles. The number of rotatable bonds is 12. The molecule has 2 heterocycles. The number of para-hydroxylation sites is 2. The molecule has 0 spiro atoms. The highest BCUT2D eigenvalue weighted by Gasteiger charge is 2.45. The van der Waals surface area contributed by atoms with Crippen molar-refractivity contribution in [1.82, 2.24) is 0 Å². The number of benzene rings is 2. The van der Waals surface area contributed by atoms with Gasteiger partial charge in [0.2, 0.25) is 5.69 Å². The number of allylic oxidation sites excluding steroid dienone is 5. The second-order valence-electron chi connectivity index (χ2n) is 13.9. The Bertz CT molecular complexity index is 1870. The first-order chi connectivity index (χ1) is 22.0. The summed E-state index contributed by atoms with van der Waals surface area (Å²) in [4.78, 5) is 2.28. The Hall–Kier alpha value is -2.76. The summed E-state index contributed by atoms with van der Waals surface area (Å²) in [6, 6.07) is 16.5. The highest BCUT2D eigenvalue weighted by molar-refractivity contribution is 7.86. The van der Waals surface area contributed by atoms with E-state index in [2.05, 4.69) is 73.6 Å². The van der Waals surface area contributed by atoms with Crippen LogP contribution >= 0.6 is 11.6 Å². The maximum atomic E-state index is 11.5. The van der Waals surface area contributed by atoms with E-state index in [-0.39, 0.29) is 28.4 Å². The Morgan fingerprint density at radius 3 is 2.23 bits per heavy atom. The number of halogens is 1. The largest absolute Gasteiger partial charge is 0.367 e. The van der Waals surface area contributed by atoms with Crippen LogP contribution in [-0.4, -0.2) is 66.9 Å². The first kappa shape index (κ1) is 35.5. The molecule has 8 nitrogen and oxygen atoms in total. The zero-order valence-electron chi connectivity index (χ0n) is 27.6. The third-order valence-electron chi connectivity index (χ3n) is 9.99. The summed E-state index contributed by atoms with van der Waals surface area (Å²) < 4.78 is 66.6. The standard InChI is InChI=1S/C36H45ClN2O6S2/c1-35(2)28-14-5-7-16-30(28)38(22-10-24-46(40,41)42)32(35)20-18-26-12-9-13-27(34(26)37)19-21-33-36(3,4)29-15-6-8-17-31(29)39(33)23-11-25-47(43,44)45/h5-8,14-20,33H,9-13,21-25H2,1-4H3,(H-,40,41,42,43,44,45)/p+1. The molecule has 2 aromatic rings. The minimum Gasteiger partial charge on any atom is -0.367 e. The van der Waals surface area contributed by atoms with Crippen molar-refractivity contribution in [1.29, 1.82) is 0 Å². The minimum atomic E-state index is -4.05. The van der Waals surface area contributed by atoms with Crippen LogP contribution in [-0.2, 0) is 31.1 Å². The third kappa shape index (κ3) is 7.78. The fraction of sp³-hybridized carbons (Fsp3) is 0.472. The summed E-state index contributed by atoms with van der Waals surface area (Å²) in [5.74, 6) is -0.571. The van der Waals surface area contributed by atoms with Gasteiger partial charge < -0.3 is 4.90 Å². The van der Waals surface area contributed by atoms with Crippen LogP contribution < -0.4 is 4.90 Å². The van der Waals surface area contributed by atoms with Gasteiger partial charge in [-0.2, -0.15) is 21.4 Å². The number of hydrogen-bond donors (Lipinski definition) is 2. The molecule has 2 aromatic carbocycles. The SMILES string of the molecule is CC1(C)C(C=CC2=C(Cl)C(=CCC3N(CCCS(=O)(=O)O)c4ccccc4C3(C)C)CCC2)=[N+](CCCS(=O)(=O)O)c2ccccc21. The van der Waals surface area contributed by atoms with Crippen LogP contribution in [0.5, 0.6) is 0 Å². The molecule has 47 heavy (non-hydrogen) atoms. The molecule has 0 bridgehead atoms. The molecule has 254 valence electrons. The fourth-order valence-electron chi connectivity index (χ4n) is 7.58. The van der Waals surface area contributed by atoms with E-state index in [9.17, 15) is 25.9 Å². The fourth-order valence-corrected chi connectivity index (χ4v) is 8.90. The first-order valence-electron chi connectivity index (χ1n) is 16.3. The molecule has 5 rings (SSSR count). The van der Waals surface area contributed by atoms with E-state index in [0.717, 1.165) is 64.5 Å². The van der Waals surface area contributed by atoms with E-state index >= 15 is 0 Å². The molecule has 1 aliphatic carbocycles. The molecular weight excluding hydrogens is 656 g/mol. The average Bonchev–Trinajstić information content (AvgIpc) is 3.33. The van der Waals surface area contributed by atoms with Gasteiger partial charge >= 0.3 is 0 Å². The Labute approximate surface area is 285 Å². The van der Waals surface area contributed by atoms with E-state index in [1.165, 1.54) is 5.56 Å². The lowest BCUT2D eigenvalue weighted by molar-refractivity contribution is -0.437. The highest BCUT2D eigenvalue weighted by atomic mass is 35.5. The second kappa shape index (κ2) is 13.6. The van der Waals surface area contributed by atoms with Crippen LogP contribution in [0.25, 0.3) is 0 Å². The van der Waals surface area contributed by atoms with Gasteiger partial charge in [0.25, 0.3) is 20.2 Å². The van der Waals surface area contributed by atoms with Gasteiger partial charge in [0, 0.05) is 52.8 Å². The predicted molar refractivity (Wildman–Crippen MR) is 190 cm³/mol. The molecule has 0 radical (unpaired) electrons. The van der Waals surface area contributed by atoms with E-state index in [1.54, 1.807) is 0 Å². The highest BCUT2D eigenvalue weighted by Crippen LogP contribution is 2.47. The molecule has 11 heteroatoms. The molecule has 0 amide bonds. The van der Waals surface area contributed by atoms with Gasteiger partial charge in [-0.25, -0.2) is 0 Å². The maximum absolute atomic E-state index is 11.5. The van der Waals surface area contributed by atoms with Crippen molar-refractivity contribution in [2.75, 3.05) is 29.5 Å². The summed E-state index contributed by atoms with van der Waals surface area (Å²) in [6.45, 7) is 9.76. The lowest BCUT2D eigenvalue weighted by Crippen LogP contribution is -2.42. The number of fused-ring (bicyclic) bond motifs is 2. The smallest absolute Gasteiger partial charge is 0.265 e. The van der Waals surface area contributed by atoms with Crippen molar-refractivity contribution in [2.24, 2.45) is 0 Å². The van der Waals surface area contributed by atoms with Crippen LogP contribution in [0.2, 0.25) is 0 Å². The van der Waals surface area contributed by atoms with Gasteiger partial charge in [0.05, 0.1) is 16.9 Å². The summed E-state index contributed by atoms with van der Waals surface area (Å²) >= 11 is 7.12. The van der Waals surface area contributed by atoms with Gasteiger partial charge in [-0.05, 0) is 68.7 Å². The quantitative estimate of drug-likeness (QED) is 0.176. The average molecular weight is 702 g/mol. The summed E-state index contributed by atoms with van der Waals surface area (Å²) in [6.07, 6.45) is 10.5. The van der Waals surface area contributed by atoms with Gasteiger partial charge in [-0.15, -0.1) is 0 Å². The minimum absolute atomic E-state index is 0.0869. The molecule has 1 atom stereocenters. The molecule has 0 aromatic heterocycles. The van der Waals surface area contributed by atoms with Crippen molar-refractivity contribution in [3.05, 3.63) is 94.1 Å². The summed E-state index contributed by atoms with van der Waals surface area (Å²) in [5, 5.41) is 0.755. The summed E-state index contributed by atoms with van der Waals surface area (Å²) in [5.41, 5.74) is 7.24. The van der Waals surface area contributed by atoms with Crippen LogP contribution in [0.15, 0.2) is 82.9 Å². The Kier molecular flexibility index (Phi) is 10.3. The molecule has 0 fully saturated rings. The van der Waals surface area contributed by atoms with E-state index < -0.39 is 20.2 Å². The van der Waals surface area contributed by atoms with Crippen molar-refractivity contribution < 1.29 is 30.5 Å². The Morgan fingerprint density at radius 1 is 0.894 bits per heavy atom. The van der Waals surface area contributed by atoms with Crippen molar-refractivity contribution in [3.63, 3.8) is 0 Å². The molecule has 2 N–H and O–H groups in total. The van der Waals surface area contributed by atoms with Crippen LogP contribution in [0.3, 0.4) is 0 Å². The molecule has 3 aliphatic rings. The normalized spacial score (nSPS) is 21.6. The van der Waals surface area contributed by atoms with Crippen molar-refractivity contribution in [3.8, 4) is 0 Å². The zero-order valence-corrected chi connectivity index (χ0v) is 30.0. The van der Waals surface area contributed by atoms with Gasteiger partial charge in [0.1, 0.15) is 6.54 Å². The van der Waals surface area contributed by atoms with E-state index in [4.69, 9.17) is 11.6 Å². The Balaban J connectivity index is 1.42. The van der Waals surface area contributed by atoms with Crippen LogP contribution in [0.4, 0.5) is 11.4 Å². The van der Waals surface area contributed by atoms with Crippen molar-refractivity contribution in [2.45, 2.75) is 83.1 Å². The first-order valence-corrected chi connectivity index (χ1v) is 19.9. The van der Waals surface area contributed by atoms with Gasteiger partial charge in [-0.3, -0.25) is 9.11 Å². The predicted octanol–water partition coefficient (Wildman–Crippen LogP) is 7.33. The summed E-state index contributed by atoms with van der Waals surface area (Å²) in [7, 11) is -8.09. The second-order valence-corrected chi connectivity index (χ2v) is 17.4. The topological polar surface area (TPSA) is 115 Å². The molecule has 0 saturated carbocycles. The van der Waals surface area contributed by atoms with Crippen molar-refractivity contribution >= 4 is 48.9 Å². The monoisotopic (exact) mass is 701 g/mol. The lowest BCUT2D eigenvalue weighted by atomic mass is 9.78. The van der Waals surface area contributed by atoms with E-state index in [1.807, 2.05) is 30.3 Å². The molecular formula is C36H46ClN2O6S2+. The number of nitrogens with zero attached hydrogens (tertiary/aromatic N) is 2. The van der Waals surface area contributed by atoms with Crippen LogP contribution in [0.1, 0.15) is 77.3 Å². The third-order valence-corrected chi connectivity index (χ3v) is 12.1. The maximum Gasteiger partial charge on any atom is 0.265 e. The van der Waals surface area contributed by atoms with Gasteiger partial charge in [0.15, 0.2) is 5.71 Å². The Morgan fingerprint density at radius 2 is 1.53 bits per heavy atom. The van der Waals surface area contributed by atoms with Crippen LogP contribution in [0, 0.1) is 0 Å². The zero-order chi connectivity index (χ0) is 34.2.